The highest BCUT2D eigenvalue weighted by atomic mass is 79.9. The summed E-state index contributed by atoms with van der Waals surface area (Å²) in [5.41, 5.74) is 1.93. The first kappa shape index (κ1) is 11.7. The predicted octanol–water partition coefficient (Wildman–Crippen LogP) is 3.86. The van der Waals surface area contributed by atoms with Crippen molar-refractivity contribution in [2.45, 2.75) is 52.1 Å². The van der Waals surface area contributed by atoms with E-state index in [2.05, 4.69) is 27.8 Å². The number of fused-ring (bicyclic) bond motifs is 1. The van der Waals surface area contributed by atoms with Crippen LogP contribution in [0.1, 0.15) is 46.0 Å². The third-order valence-corrected chi connectivity index (χ3v) is 5.35. The molecule has 0 bridgehead atoms. The van der Waals surface area contributed by atoms with Crippen LogP contribution in [0.25, 0.3) is 0 Å². The third-order valence-electron chi connectivity index (χ3n) is 4.76. The van der Waals surface area contributed by atoms with Crippen LogP contribution < -0.4 is 0 Å². The summed E-state index contributed by atoms with van der Waals surface area (Å²) < 4.78 is 0. The second-order valence-corrected chi connectivity index (χ2v) is 5.98. The van der Waals surface area contributed by atoms with Crippen molar-refractivity contribution in [3.05, 3.63) is 10.6 Å². The molecule has 0 aliphatic heterocycles. The van der Waals surface area contributed by atoms with E-state index in [0.717, 1.165) is 0 Å². The normalized spacial score (nSPS) is 45.5. The van der Waals surface area contributed by atoms with E-state index in [9.17, 15) is 5.11 Å². The molecule has 2 aliphatic rings. The number of halogens is 1. The minimum Gasteiger partial charge on any atom is -0.393 e. The van der Waals surface area contributed by atoms with Crippen LogP contribution in [-0.4, -0.2) is 11.2 Å². The van der Waals surface area contributed by atoms with Gasteiger partial charge in [-0.05, 0) is 61.3 Å². The summed E-state index contributed by atoms with van der Waals surface area (Å²) >= 11 is 3.50. The van der Waals surface area contributed by atoms with Gasteiger partial charge in [0.25, 0.3) is 0 Å². The number of aliphatic hydroxyl groups is 1. The van der Waals surface area contributed by atoms with Crippen molar-refractivity contribution in [3.8, 4) is 0 Å². The van der Waals surface area contributed by atoms with Gasteiger partial charge in [-0.1, -0.05) is 28.4 Å². The Morgan fingerprint density at radius 1 is 1.53 bits per heavy atom. The number of rotatable bonds is 1. The molecule has 0 spiro atoms. The zero-order chi connectivity index (χ0) is 11.1. The van der Waals surface area contributed by atoms with Crippen LogP contribution in [0.2, 0.25) is 0 Å². The Hall–Kier alpha value is 0.180. The molecular formula is C13H21BrO. The maximum absolute atomic E-state index is 9.88. The van der Waals surface area contributed by atoms with E-state index >= 15 is 0 Å². The van der Waals surface area contributed by atoms with Gasteiger partial charge in [-0.2, -0.15) is 0 Å². The van der Waals surface area contributed by atoms with Crippen molar-refractivity contribution in [1.82, 2.24) is 0 Å². The van der Waals surface area contributed by atoms with Crippen LogP contribution in [-0.2, 0) is 0 Å². The first-order valence-electron chi connectivity index (χ1n) is 6.07. The molecule has 86 valence electrons. The van der Waals surface area contributed by atoms with Gasteiger partial charge in [0, 0.05) is 0 Å². The van der Waals surface area contributed by atoms with Crippen molar-refractivity contribution in [2.24, 2.45) is 17.3 Å². The van der Waals surface area contributed by atoms with E-state index in [1.54, 1.807) is 5.57 Å². The molecule has 0 amide bonds. The van der Waals surface area contributed by atoms with E-state index in [1.807, 2.05) is 6.92 Å². The van der Waals surface area contributed by atoms with E-state index in [-0.39, 0.29) is 6.10 Å². The largest absolute Gasteiger partial charge is 0.393 e. The Kier molecular flexibility index (Phi) is 3.27. The zero-order valence-corrected chi connectivity index (χ0v) is 11.3. The number of allylic oxidation sites excluding steroid dienone is 1. The van der Waals surface area contributed by atoms with Gasteiger partial charge in [-0.25, -0.2) is 0 Å². The highest BCUT2D eigenvalue weighted by molar-refractivity contribution is 9.11. The van der Waals surface area contributed by atoms with E-state index < -0.39 is 0 Å². The van der Waals surface area contributed by atoms with E-state index in [0.29, 0.717) is 17.3 Å². The van der Waals surface area contributed by atoms with Gasteiger partial charge in [-0.3, -0.25) is 0 Å². The lowest BCUT2D eigenvalue weighted by atomic mass is 9.63. The molecule has 0 heterocycles. The quantitative estimate of drug-likeness (QED) is 0.769. The third kappa shape index (κ3) is 1.80. The molecule has 0 aromatic rings. The predicted molar refractivity (Wildman–Crippen MR) is 66.9 cm³/mol. The van der Waals surface area contributed by atoms with Gasteiger partial charge < -0.3 is 5.11 Å². The van der Waals surface area contributed by atoms with Crippen molar-refractivity contribution in [1.29, 1.82) is 0 Å². The molecule has 0 aromatic carbocycles. The van der Waals surface area contributed by atoms with Gasteiger partial charge in [0.1, 0.15) is 0 Å². The van der Waals surface area contributed by atoms with Gasteiger partial charge >= 0.3 is 0 Å². The Balaban J connectivity index is 2.27. The zero-order valence-electron chi connectivity index (χ0n) is 9.67. The molecule has 2 saturated carbocycles. The molecule has 0 saturated heterocycles. The van der Waals surface area contributed by atoms with Crippen LogP contribution in [0.15, 0.2) is 10.6 Å². The van der Waals surface area contributed by atoms with Gasteiger partial charge in [0.15, 0.2) is 0 Å². The Labute approximate surface area is 101 Å². The molecule has 2 fully saturated rings. The lowest BCUT2D eigenvalue weighted by molar-refractivity contribution is 0.0303. The van der Waals surface area contributed by atoms with E-state index in [1.165, 1.54) is 32.1 Å². The number of hydrogen-bond donors (Lipinski definition) is 1. The summed E-state index contributed by atoms with van der Waals surface area (Å²) in [5, 5.41) is 9.88. The molecule has 2 heteroatoms. The minimum atomic E-state index is -0.144. The van der Waals surface area contributed by atoms with Crippen LogP contribution >= 0.6 is 15.9 Å². The van der Waals surface area contributed by atoms with Gasteiger partial charge in [0.2, 0.25) is 0 Å². The highest BCUT2D eigenvalue weighted by Gasteiger charge is 2.50. The standard InChI is InChI=1S/C13H21BrO/c1-9(15)11-5-6-12-10(8-14)4-3-7-13(11,12)2/h8-9,11-12,15H,3-7H2,1-2H3/t9-,11-,12+,13-/m1/s1. The fourth-order valence-electron chi connectivity index (χ4n) is 4.00. The SMILES string of the molecule is C[C@@H](O)[C@H]1CC[C@H]2C(=CBr)CCC[C@]12C. The molecule has 0 radical (unpaired) electrons. The average molecular weight is 273 g/mol. The summed E-state index contributed by atoms with van der Waals surface area (Å²) in [4.78, 5) is 2.14. The van der Waals surface area contributed by atoms with Crippen LogP contribution in [0.4, 0.5) is 0 Å². The van der Waals surface area contributed by atoms with Crippen LogP contribution in [0, 0.1) is 17.3 Å². The Bertz CT molecular complexity index is 272. The molecule has 0 unspecified atom stereocenters. The van der Waals surface area contributed by atoms with E-state index in [4.69, 9.17) is 0 Å². The molecule has 15 heavy (non-hydrogen) atoms. The molecule has 2 rings (SSSR count). The van der Waals surface area contributed by atoms with Crippen molar-refractivity contribution < 1.29 is 5.11 Å². The summed E-state index contributed by atoms with van der Waals surface area (Å²) in [6.07, 6.45) is 6.14. The van der Waals surface area contributed by atoms with Crippen molar-refractivity contribution in [3.63, 3.8) is 0 Å². The summed E-state index contributed by atoms with van der Waals surface area (Å²) in [6, 6.07) is 0. The van der Waals surface area contributed by atoms with Crippen molar-refractivity contribution in [2.75, 3.05) is 0 Å². The van der Waals surface area contributed by atoms with Crippen LogP contribution in [0.3, 0.4) is 0 Å². The minimum absolute atomic E-state index is 0.144. The fourth-order valence-corrected chi connectivity index (χ4v) is 4.55. The topological polar surface area (TPSA) is 20.2 Å². The molecule has 1 nitrogen and oxygen atoms in total. The monoisotopic (exact) mass is 272 g/mol. The molecule has 1 N–H and O–H groups in total. The second-order valence-electron chi connectivity index (χ2n) is 5.52. The van der Waals surface area contributed by atoms with Gasteiger partial charge in [-0.15, -0.1) is 0 Å². The molecule has 4 atom stereocenters. The molecule has 2 aliphatic carbocycles. The average Bonchev–Trinajstić information content (AvgIpc) is 2.54. The van der Waals surface area contributed by atoms with Gasteiger partial charge in [0.05, 0.1) is 6.10 Å². The lowest BCUT2D eigenvalue weighted by Crippen LogP contribution is -2.37. The lowest BCUT2D eigenvalue weighted by Gasteiger charge is -2.43. The summed E-state index contributed by atoms with van der Waals surface area (Å²) in [7, 11) is 0. The second kappa shape index (κ2) is 4.21. The maximum atomic E-state index is 9.88. The highest BCUT2D eigenvalue weighted by Crippen LogP contribution is 2.58. The summed E-state index contributed by atoms with van der Waals surface area (Å²) in [5.74, 6) is 1.22. The maximum Gasteiger partial charge on any atom is 0.0545 e. The number of aliphatic hydroxyl groups excluding tert-OH is 1. The fraction of sp³-hybridized carbons (Fsp3) is 0.846. The van der Waals surface area contributed by atoms with Crippen molar-refractivity contribution >= 4 is 15.9 Å². The van der Waals surface area contributed by atoms with Crippen LogP contribution in [0.5, 0.6) is 0 Å². The smallest absolute Gasteiger partial charge is 0.0545 e. The summed E-state index contributed by atoms with van der Waals surface area (Å²) in [6.45, 7) is 4.35. The first-order valence-corrected chi connectivity index (χ1v) is 6.98. The first-order chi connectivity index (χ1) is 7.09. The molecule has 0 aromatic heterocycles. The molecular weight excluding hydrogens is 252 g/mol. The number of hydrogen-bond acceptors (Lipinski definition) is 1. The Morgan fingerprint density at radius 2 is 2.27 bits per heavy atom. The Morgan fingerprint density at radius 3 is 2.87 bits per heavy atom.